The quantitative estimate of drug-likeness (QED) is 0.284. The lowest BCUT2D eigenvalue weighted by Crippen LogP contribution is -2.45. The van der Waals surface area contributed by atoms with Gasteiger partial charge in [0.1, 0.15) is 17.5 Å². The Morgan fingerprint density at radius 1 is 0.875 bits per heavy atom. The van der Waals surface area contributed by atoms with E-state index in [0.717, 1.165) is 10.6 Å². The number of sulfonamides is 2. The van der Waals surface area contributed by atoms with Crippen molar-refractivity contribution in [3.05, 3.63) is 96.8 Å². The minimum absolute atomic E-state index is 0.0632. The summed E-state index contributed by atoms with van der Waals surface area (Å²) in [4.78, 5) is 20.9. The summed E-state index contributed by atoms with van der Waals surface area (Å²) < 4.78 is 59.7. The van der Waals surface area contributed by atoms with Crippen molar-refractivity contribution in [1.29, 1.82) is 0 Å². The van der Waals surface area contributed by atoms with Crippen molar-refractivity contribution in [2.24, 2.45) is 0 Å². The zero-order valence-corrected chi connectivity index (χ0v) is 23.5. The van der Waals surface area contributed by atoms with Gasteiger partial charge in [-0.2, -0.15) is 0 Å². The number of nitrogens with zero attached hydrogens (tertiary/aromatic N) is 3. The highest BCUT2D eigenvalue weighted by atomic mass is 32.2. The van der Waals surface area contributed by atoms with Crippen LogP contribution in [0.1, 0.15) is 12.6 Å². The van der Waals surface area contributed by atoms with Crippen LogP contribution in [0.15, 0.2) is 96.0 Å². The molecule has 208 valence electrons. The Labute approximate surface area is 233 Å². The van der Waals surface area contributed by atoms with Gasteiger partial charge in [0.2, 0.25) is 21.9 Å². The third-order valence-electron chi connectivity index (χ3n) is 5.61. The Kier molecular flexibility index (Phi) is 8.35. The van der Waals surface area contributed by atoms with Crippen LogP contribution in [0, 0.1) is 6.92 Å². The van der Waals surface area contributed by atoms with Gasteiger partial charge in [0, 0.05) is 17.6 Å². The van der Waals surface area contributed by atoms with Crippen molar-refractivity contribution in [2.45, 2.75) is 24.8 Å². The molecule has 1 amide bonds. The molecule has 0 fully saturated rings. The number of amides is 1. The van der Waals surface area contributed by atoms with E-state index in [0.29, 0.717) is 17.2 Å². The molecule has 4 rings (SSSR count). The third-order valence-corrected chi connectivity index (χ3v) is 8.20. The number of ether oxygens (including phenoxy) is 1. The molecule has 0 saturated heterocycles. The molecule has 1 unspecified atom stereocenters. The molecule has 0 saturated carbocycles. The van der Waals surface area contributed by atoms with E-state index in [1.807, 2.05) is 18.2 Å². The zero-order valence-electron chi connectivity index (χ0n) is 21.8. The fraction of sp³-hybridized carbons (Fsp3) is 0.148. The van der Waals surface area contributed by atoms with Crippen molar-refractivity contribution < 1.29 is 26.4 Å². The Morgan fingerprint density at radius 2 is 1.50 bits per heavy atom. The minimum Gasteiger partial charge on any atom is -0.457 e. The standard InChI is InChI=1S/C27H27N5O6S2/c1-19-17-18-28-27(29-19)31-40(36,37)25-15-9-21(10-16-25)30-26(33)20(2)32(39(3,34)35)22-11-13-24(14-12-22)38-23-7-5-4-6-8-23/h4-18,20H,1-3H3,(H,30,33)(H,28,29,31). The van der Waals surface area contributed by atoms with Gasteiger partial charge in [0.25, 0.3) is 10.0 Å². The minimum atomic E-state index is -3.97. The molecule has 1 heterocycles. The van der Waals surface area contributed by atoms with Crippen molar-refractivity contribution in [3.8, 4) is 11.5 Å². The molecular formula is C27H27N5O6S2. The number of hydrogen-bond acceptors (Lipinski definition) is 8. The van der Waals surface area contributed by atoms with Crippen molar-refractivity contribution in [1.82, 2.24) is 9.97 Å². The van der Waals surface area contributed by atoms with Crippen LogP contribution in [-0.4, -0.2) is 45.0 Å². The van der Waals surface area contributed by atoms with Crippen molar-refractivity contribution in [2.75, 3.05) is 20.6 Å². The van der Waals surface area contributed by atoms with E-state index < -0.39 is 32.0 Å². The van der Waals surface area contributed by atoms with Crippen molar-refractivity contribution >= 4 is 43.3 Å². The topological polar surface area (TPSA) is 148 Å². The first kappa shape index (κ1) is 28.5. The molecular weight excluding hydrogens is 554 g/mol. The average molecular weight is 582 g/mol. The summed E-state index contributed by atoms with van der Waals surface area (Å²) in [5, 5.41) is 2.63. The fourth-order valence-electron chi connectivity index (χ4n) is 3.74. The Hall–Kier alpha value is -4.49. The maximum absolute atomic E-state index is 13.0. The van der Waals surface area contributed by atoms with Gasteiger partial charge in [-0.1, -0.05) is 18.2 Å². The van der Waals surface area contributed by atoms with Gasteiger partial charge in [-0.05, 0) is 80.6 Å². The zero-order chi connectivity index (χ0) is 28.9. The molecule has 0 bridgehead atoms. The molecule has 0 spiro atoms. The molecule has 13 heteroatoms. The highest BCUT2D eigenvalue weighted by Crippen LogP contribution is 2.27. The highest BCUT2D eigenvalue weighted by Gasteiger charge is 2.29. The number of carbonyl (C=O) groups excluding carboxylic acids is 1. The molecule has 0 aliphatic rings. The second-order valence-corrected chi connectivity index (χ2v) is 12.3. The predicted molar refractivity (Wildman–Crippen MR) is 152 cm³/mol. The molecule has 11 nitrogen and oxygen atoms in total. The maximum atomic E-state index is 13.0. The second kappa shape index (κ2) is 11.7. The summed E-state index contributed by atoms with van der Waals surface area (Å²) >= 11 is 0. The summed E-state index contributed by atoms with van der Waals surface area (Å²) in [5.74, 6) is 0.448. The molecule has 3 aromatic carbocycles. The largest absolute Gasteiger partial charge is 0.457 e. The third kappa shape index (κ3) is 7.12. The summed E-state index contributed by atoms with van der Waals surface area (Å²) in [5.41, 5.74) is 1.15. The number of aromatic nitrogens is 2. The first-order chi connectivity index (χ1) is 18.9. The smallest absolute Gasteiger partial charge is 0.264 e. The van der Waals surface area contributed by atoms with E-state index in [-0.39, 0.29) is 22.2 Å². The summed E-state index contributed by atoms with van der Waals surface area (Å²) in [6.07, 6.45) is 2.45. The molecule has 0 aliphatic carbocycles. The molecule has 0 radical (unpaired) electrons. The predicted octanol–water partition coefficient (Wildman–Crippen LogP) is 4.17. The lowest BCUT2D eigenvalue weighted by molar-refractivity contribution is -0.116. The molecule has 4 aromatic rings. The average Bonchev–Trinajstić information content (AvgIpc) is 2.89. The SMILES string of the molecule is Cc1ccnc(NS(=O)(=O)c2ccc(NC(=O)C(C)N(c3ccc(Oc4ccccc4)cc3)S(C)(=O)=O)cc2)n1. The van der Waals surface area contributed by atoms with Gasteiger partial charge < -0.3 is 10.1 Å². The number of nitrogens with one attached hydrogen (secondary N) is 2. The molecule has 1 aromatic heterocycles. The van der Waals surface area contributed by atoms with Crippen LogP contribution in [0.3, 0.4) is 0 Å². The van der Waals surface area contributed by atoms with E-state index >= 15 is 0 Å². The molecule has 1 atom stereocenters. The van der Waals surface area contributed by atoms with Crippen LogP contribution in [-0.2, 0) is 24.8 Å². The van der Waals surface area contributed by atoms with Crippen LogP contribution >= 0.6 is 0 Å². The number of aryl methyl sites for hydroxylation is 1. The van der Waals surface area contributed by atoms with E-state index in [9.17, 15) is 21.6 Å². The lowest BCUT2D eigenvalue weighted by Gasteiger charge is -2.28. The number of rotatable bonds is 10. The Bertz CT molecular complexity index is 1700. The van der Waals surface area contributed by atoms with E-state index in [1.54, 1.807) is 49.4 Å². The molecule has 40 heavy (non-hydrogen) atoms. The Balaban J connectivity index is 1.46. The van der Waals surface area contributed by atoms with Crippen LogP contribution in [0.2, 0.25) is 0 Å². The lowest BCUT2D eigenvalue weighted by atomic mass is 10.2. The van der Waals surface area contributed by atoms with Crippen LogP contribution in [0.4, 0.5) is 17.3 Å². The number of para-hydroxylation sites is 1. The second-order valence-electron chi connectivity index (χ2n) is 8.78. The number of benzene rings is 3. The Morgan fingerprint density at radius 3 is 2.10 bits per heavy atom. The van der Waals surface area contributed by atoms with Gasteiger partial charge in [0.05, 0.1) is 16.8 Å². The van der Waals surface area contributed by atoms with Gasteiger partial charge >= 0.3 is 0 Å². The summed E-state index contributed by atoms with van der Waals surface area (Å²) in [6.45, 7) is 3.16. The van der Waals surface area contributed by atoms with Crippen LogP contribution in [0.5, 0.6) is 11.5 Å². The number of anilines is 3. The van der Waals surface area contributed by atoms with Crippen molar-refractivity contribution in [3.63, 3.8) is 0 Å². The van der Waals surface area contributed by atoms with Gasteiger partial charge in [-0.25, -0.2) is 31.5 Å². The number of hydrogen-bond donors (Lipinski definition) is 2. The van der Waals surface area contributed by atoms with E-state index in [4.69, 9.17) is 4.74 Å². The van der Waals surface area contributed by atoms with Gasteiger partial charge in [-0.15, -0.1) is 0 Å². The molecule has 2 N–H and O–H groups in total. The summed E-state index contributed by atoms with van der Waals surface area (Å²) in [6, 6.07) is 21.3. The summed E-state index contributed by atoms with van der Waals surface area (Å²) in [7, 11) is -7.82. The normalized spacial score (nSPS) is 12.3. The highest BCUT2D eigenvalue weighted by molar-refractivity contribution is 7.92. The maximum Gasteiger partial charge on any atom is 0.264 e. The molecule has 0 aliphatic heterocycles. The van der Waals surface area contributed by atoms with Gasteiger partial charge in [0.15, 0.2) is 0 Å². The van der Waals surface area contributed by atoms with E-state index in [2.05, 4.69) is 20.0 Å². The van der Waals surface area contributed by atoms with Crippen LogP contribution < -0.4 is 19.1 Å². The number of carbonyl (C=O) groups is 1. The van der Waals surface area contributed by atoms with Crippen LogP contribution in [0.25, 0.3) is 0 Å². The fourth-order valence-corrected chi connectivity index (χ4v) is 5.86. The first-order valence-electron chi connectivity index (χ1n) is 12.0. The monoisotopic (exact) mass is 581 g/mol. The van der Waals surface area contributed by atoms with Gasteiger partial charge in [-0.3, -0.25) is 9.10 Å². The first-order valence-corrected chi connectivity index (χ1v) is 15.3. The van der Waals surface area contributed by atoms with E-state index in [1.165, 1.54) is 37.4 Å².